The number of hydrogen-bond donors (Lipinski definition) is 0. The minimum atomic E-state index is -3.13. The molecular weight excluding hydrogens is 332 g/mol. The van der Waals surface area contributed by atoms with Crippen molar-refractivity contribution in [3.05, 3.63) is 28.0 Å². The van der Waals surface area contributed by atoms with Gasteiger partial charge in [-0.15, -0.1) is 0 Å². The summed E-state index contributed by atoms with van der Waals surface area (Å²) >= 11 is 0. The maximum Gasteiger partial charge on any atom is 0.433 e. The normalized spacial score (nSPS) is 19.3. The number of rotatable bonds is 5. The van der Waals surface area contributed by atoms with Crippen molar-refractivity contribution >= 4 is 27.6 Å². The Hall–Kier alpha value is -2.43. The van der Waals surface area contributed by atoms with Crippen molar-refractivity contribution < 1.29 is 32.1 Å². The molecule has 2 rings (SSSR count). The van der Waals surface area contributed by atoms with Crippen molar-refractivity contribution in [3.63, 3.8) is 0 Å². The van der Waals surface area contributed by atoms with Crippen LogP contribution in [0.1, 0.15) is 17.0 Å². The van der Waals surface area contributed by atoms with Gasteiger partial charge < -0.3 is 14.1 Å². The second-order valence-corrected chi connectivity index (χ2v) is 7.26. The zero-order valence-electron chi connectivity index (χ0n) is 12.1. The number of sulfone groups is 1. The predicted octanol–water partition coefficient (Wildman–Crippen LogP) is -0.00990. The van der Waals surface area contributed by atoms with Crippen molar-refractivity contribution in [2.24, 2.45) is 0 Å². The van der Waals surface area contributed by atoms with E-state index < -0.39 is 50.9 Å². The van der Waals surface area contributed by atoms with E-state index in [-0.39, 0.29) is 11.5 Å². The summed E-state index contributed by atoms with van der Waals surface area (Å²) in [4.78, 5) is 34.4. The number of carbonyl (C=O) groups excluding carboxylic acids is 2. The lowest BCUT2D eigenvalue weighted by Gasteiger charge is -2.22. The van der Waals surface area contributed by atoms with Gasteiger partial charge in [0.05, 0.1) is 17.6 Å². The molecule has 1 aromatic rings. The van der Waals surface area contributed by atoms with Crippen molar-refractivity contribution in [1.29, 1.82) is 0 Å². The smallest absolute Gasteiger partial charge is 0.433 e. The first kappa shape index (κ1) is 16.9. The Bertz CT molecular complexity index is 738. The number of ether oxygens (including phenoxy) is 1. The van der Waals surface area contributed by atoms with Crippen LogP contribution >= 0.6 is 0 Å². The Morgan fingerprint density at radius 2 is 2.17 bits per heavy atom. The summed E-state index contributed by atoms with van der Waals surface area (Å²) in [5.41, 5.74) is 0. The van der Waals surface area contributed by atoms with Gasteiger partial charge in [-0.2, -0.15) is 0 Å². The van der Waals surface area contributed by atoms with E-state index in [4.69, 9.17) is 4.74 Å². The third-order valence-electron chi connectivity index (χ3n) is 3.45. The predicted molar refractivity (Wildman–Crippen MR) is 75.5 cm³/mol. The van der Waals surface area contributed by atoms with Crippen LogP contribution in [0.15, 0.2) is 16.5 Å². The third-order valence-corrected chi connectivity index (χ3v) is 5.20. The van der Waals surface area contributed by atoms with Gasteiger partial charge in [0.15, 0.2) is 16.4 Å². The lowest BCUT2D eigenvalue weighted by atomic mass is 10.2. The van der Waals surface area contributed by atoms with Crippen molar-refractivity contribution in [1.82, 2.24) is 4.90 Å². The third kappa shape index (κ3) is 4.06. The number of nitrogens with zero attached hydrogens (tertiary/aromatic N) is 2. The highest BCUT2D eigenvalue weighted by molar-refractivity contribution is 7.91. The Kier molecular flexibility index (Phi) is 4.68. The highest BCUT2D eigenvalue weighted by atomic mass is 32.2. The molecule has 1 aliphatic heterocycles. The number of nitro groups is 1. The molecule has 23 heavy (non-hydrogen) atoms. The molecule has 1 aliphatic rings. The highest BCUT2D eigenvalue weighted by Crippen LogP contribution is 2.18. The van der Waals surface area contributed by atoms with Gasteiger partial charge in [0.1, 0.15) is 4.92 Å². The zero-order chi connectivity index (χ0) is 17.2. The summed E-state index contributed by atoms with van der Waals surface area (Å²) in [5, 5.41) is 10.4. The molecule has 1 saturated heterocycles. The van der Waals surface area contributed by atoms with Gasteiger partial charge in [-0.25, -0.2) is 13.2 Å². The average Bonchev–Trinajstić information content (AvgIpc) is 3.10. The van der Waals surface area contributed by atoms with E-state index in [1.165, 1.54) is 11.9 Å². The van der Waals surface area contributed by atoms with E-state index in [9.17, 15) is 28.1 Å². The minimum Gasteiger partial charge on any atom is -0.450 e. The molecule has 126 valence electrons. The number of esters is 1. The Morgan fingerprint density at radius 1 is 1.48 bits per heavy atom. The minimum absolute atomic E-state index is 0.0190. The van der Waals surface area contributed by atoms with Crippen LogP contribution in [0.25, 0.3) is 0 Å². The second-order valence-electron chi connectivity index (χ2n) is 5.03. The fraction of sp³-hybridized carbons (Fsp3) is 0.500. The zero-order valence-corrected chi connectivity index (χ0v) is 12.9. The molecule has 1 fully saturated rings. The van der Waals surface area contributed by atoms with E-state index in [0.717, 1.165) is 12.1 Å². The Balaban J connectivity index is 1.88. The van der Waals surface area contributed by atoms with Crippen molar-refractivity contribution in [2.45, 2.75) is 12.5 Å². The van der Waals surface area contributed by atoms with E-state index in [2.05, 4.69) is 4.42 Å². The van der Waals surface area contributed by atoms with Crippen LogP contribution < -0.4 is 0 Å². The summed E-state index contributed by atoms with van der Waals surface area (Å²) in [6, 6.07) is 1.61. The van der Waals surface area contributed by atoms with Crippen molar-refractivity contribution in [3.8, 4) is 0 Å². The van der Waals surface area contributed by atoms with E-state index in [1.807, 2.05) is 0 Å². The van der Waals surface area contributed by atoms with Crippen LogP contribution in [-0.4, -0.2) is 61.3 Å². The molecule has 1 amide bonds. The maximum atomic E-state index is 11.9. The second kappa shape index (κ2) is 6.36. The molecule has 0 radical (unpaired) electrons. The van der Waals surface area contributed by atoms with Gasteiger partial charge in [-0.05, 0) is 12.5 Å². The molecule has 0 saturated carbocycles. The first-order valence-corrected chi connectivity index (χ1v) is 8.39. The summed E-state index contributed by atoms with van der Waals surface area (Å²) in [6.07, 6.45) is 0.336. The summed E-state index contributed by atoms with van der Waals surface area (Å²) in [5.74, 6) is -2.69. The molecule has 0 unspecified atom stereocenters. The Labute approximate surface area is 131 Å². The molecule has 0 spiro atoms. The van der Waals surface area contributed by atoms with Crippen LogP contribution in [0.5, 0.6) is 0 Å². The van der Waals surface area contributed by atoms with Crippen molar-refractivity contribution in [2.75, 3.05) is 25.2 Å². The van der Waals surface area contributed by atoms with Gasteiger partial charge in [-0.1, -0.05) is 0 Å². The quantitative estimate of drug-likeness (QED) is 0.412. The molecule has 11 heteroatoms. The van der Waals surface area contributed by atoms with Gasteiger partial charge in [-0.3, -0.25) is 14.9 Å². The van der Waals surface area contributed by atoms with Crippen LogP contribution in [0.2, 0.25) is 0 Å². The maximum absolute atomic E-state index is 11.9. The molecule has 1 atom stereocenters. The molecule has 2 heterocycles. The molecule has 1 aromatic heterocycles. The number of likely N-dealkylation sites (N-methyl/N-ethyl adjacent to an activating group) is 1. The molecule has 0 aliphatic carbocycles. The summed E-state index contributed by atoms with van der Waals surface area (Å²) in [6.45, 7) is -0.611. The SMILES string of the molecule is CN(C(=O)COC(=O)c1ccc([N+](=O)[O-])o1)[C@@H]1CCS(=O)(=O)C1. The van der Waals surface area contributed by atoms with Crippen LogP contribution in [-0.2, 0) is 19.4 Å². The fourth-order valence-corrected chi connectivity index (χ4v) is 3.89. The van der Waals surface area contributed by atoms with Crippen LogP contribution in [0, 0.1) is 10.1 Å². The number of carbonyl (C=O) groups is 2. The Morgan fingerprint density at radius 3 is 2.70 bits per heavy atom. The topological polar surface area (TPSA) is 137 Å². The number of furan rings is 1. The summed E-state index contributed by atoms with van der Waals surface area (Å²) in [7, 11) is -1.70. The number of amides is 1. The highest BCUT2D eigenvalue weighted by Gasteiger charge is 2.33. The van der Waals surface area contributed by atoms with Gasteiger partial charge in [0.25, 0.3) is 5.91 Å². The van der Waals surface area contributed by atoms with Crippen LogP contribution in [0.3, 0.4) is 0 Å². The number of hydrogen-bond acceptors (Lipinski definition) is 8. The molecule has 0 bridgehead atoms. The molecular formula is C12H14N2O8S. The van der Waals surface area contributed by atoms with Gasteiger partial charge in [0.2, 0.25) is 5.76 Å². The largest absolute Gasteiger partial charge is 0.450 e. The summed E-state index contributed by atoms with van der Waals surface area (Å²) < 4.78 is 32.1. The van der Waals surface area contributed by atoms with Gasteiger partial charge >= 0.3 is 11.9 Å². The fourth-order valence-electron chi connectivity index (χ4n) is 2.12. The van der Waals surface area contributed by atoms with Gasteiger partial charge in [0, 0.05) is 13.1 Å². The molecule has 10 nitrogen and oxygen atoms in total. The standard InChI is InChI=1S/C12H14N2O8S/c1-13(8-4-5-23(19,20)7-8)10(15)6-21-12(16)9-2-3-11(22-9)14(17)18/h2-3,8H,4-7H2,1H3/t8-/m1/s1. The lowest BCUT2D eigenvalue weighted by molar-refractivity contribution is -0.402. The van der Waals surface area contributed by atoms with E-state index in [0.29, 0.717) is 6.42 Å². The lowest BCUT2D eigenvalue weighted by Crippen LogP contribution is -2.40. The molecule has 0 aromatic carbocycles. The van der Waals surface area contributed by atoms with E-state index in [1.54, 1.807) is 0 Å². The van der Waals surface area contributed by atoms with E-state index >= 15 is 0 Å². The van der Waals surface area contributed by atoms with Crippen LogP contribution in [0.4, 0.5) is 5.88 Å². The first-order chi connectivity index (χ1) is 10.7. The first-order valence-electron chi connectivity index (χ1n) is 6.57. The molecule has 0 N–H and O–H groups in total. The average molecular weight is 346 g/mol. The monoisotopic (exact) mass is 346 g/mol.